The fourth-order valence-electron chi connectivity index (χ4n) is 0.329. The summed E-state index contributed by atoms with van der Waals surface area (Å²) in [7, 11) is 0. The summed E-state index contributed by atoms with van der Waals surface area (Å²) in [5, 5.41) is 5.58. The van der Waals surface area contributed by atoms with Crippen LogP contribution < -0.4 is 5.32 Å². The topological polar surface area (TPSA) is 41.5 Å². The summed E-state index contributed by atoms with van der Waals surface area (Å²) < 4.78 is 0. The zero-order chi connectivity index (χ0) is 6.24. The van der Waals surface area contributed by atoms with Gasteiger partial charge in [0.2, 0.25) is 0 Å². The van der Waals surface area contributed by atoms with Gasteiger partial charge < -0.3 is 5.32 Å². The van der Waals surface area contributed by atoms with Gasteiger partial charge in [-0.05, 0) is 0 Å². The predicted molar refractivity (Wildman–Crippen MR) is 33.7 cm³/mol. The highest BCUT2D eigenvalue weighted by atomic mass is 16.3. The summed E-state index contributed by atoms with van der Waals surface area (Å²) in [4.78, 5) is 9.45. The van der Waals surface area contributed by atoms with E-state index in [1.807, 2.05) is 0 Å². The van der Waals surface area contributed by atoms with Crippen molar-refractivity contribution in [2.45, 2.75) is 0 Å². The maximum absolute atomic E-state index is 9.45. The SMILES string of the molecule is C=CCNCCN=O. The van der Waals surface area contributed by atoms with E-state index in [2.05, 4.69) is 17.1 Å². The lowest BCUT2D eigenvalue weighted by molar-refractivity contribution is 0.753. The van der Waals surface area contributed by atoms with Crippen molar-refractivity contribution in [3.63, 3.8) is 0 Å². The Kier molecular flexibility index (Phi) is 5.75. The molecule has 0 aliphatic rings. The Labute approximate surface area is 48.8 Å². The number of nitrogens with one attached hydrogen (secondary N) is 1. The highest BCUT2D eigenvalue weighted by Gasteiger charge is 1.79. The lowest BCUT2D eigenvalue weighted by atomic mass is 10.6. The molecule has 0 amide bonds. The van der Waals surface area contributed by atoms with Gasteiger partial charge in [0.25, 0.3) is 0 Å². The summed E-state index contributed by atoms with van der Waals surface area (Å²) in [6.07, 6.45) is 1.74. The smallest absolute Gasteiger partial charge is 0.0935 e. The second-order valence-electron chi connectivity index (χ2n) is 1.35. The Morgan fingerprint density at radius 3 is 3.00 bits per heavy atom. The second kappa shape index (κ2) is 6.30. The number of rotatable bonds is 5. The monoisotopic (exact) mass is 114 g/mol. The maximum Gasteiger partial charge on any atom is 0.0935 e. The Morgan fingerprint density at radius 1 is 1.75 bits per heavy atom. The van der Waals surface area contributed by atoms with E-state index in [-0.39, 0.29) is 0 Å². The number of nitroso groups, excluding NO2 is 1. The van der Waals surface area contributed by atoms with Crippen LogP contribution in [0, 0.1) is 4.91 Å². The third-order valence-electron chi connectivity index (χ3n) is 0.669. The molecule has 3 nitrogen and oxygen atoms in total. The Morgan fingerprint density at radius 2 is 2.50 bits per heavy atom. The zero-order valence-electron chi connectivity index (χ0n) is 4.76. The van der Waals surface area contributed by atoms with Gasteiger partial charge in [-0.3, -0.25) is 0 Å². The van der Waals surface area contributed by atoms with Crippen molar-refractivity contribution in [3.8, 4) is 0 Å². The van der Waals surface area contributed by atoms with Gasteiger partial charge >= 0.3 is 0 Å². The summed E-state index contributed by atoms with van der Waals surface area (Å²) in [5.74, 6) is 0. The van der Waals surface area contributed by atoms with E-state index in [0.717, 1.165) is 6.54 Å². The largest absolute Gasteiger partial charge is 0.311 e. The first kappa shape index (κ1) is 7.30. The predicted octanol–water partition coefficient (Wildman–Crippen LogP) is 0.528. The molecule has 0 bridgehead atoms. The van der Waals surface area contributed by atoms with E-state index in [0.29, 0.717) is 13.1 Å². The minimum Gasteiger partial charge on any atom is -0.311 e. The number of hydrogen-bond acceptors (Lipinski definition) is 3. The fraction of sp³-hybridized carbons (Fsp3) is 0.600. The van der Waals surface area contributed by atoms with Crippen LogP contribution in [0.3, 0.4) is 0 Å². The molecule has 0 spiro atoms. The molecule has 0 aromatic heterocycles. The molecule has 0 radical (unpaired) electrons. The number of hydrogen-bond donors (Lipinski definition) is 1. The van der Waals surface area contributed by atoms with E-state index >= 15 is 0 Å². The van der Waals surface area contributed by atoms with Crippen molar-refractivity contribution in [2.75, 3.05) is 19.6 Å². The minimum absolute atomic E-state index is 0.341. The molecule has 0 rings (SSSR count). The molecule has 0 saturated heterocycles. The van der Waals surface area contributed by atoms with Crippen molar-refractivity contribution in [2.24, 2.45) is 5.18 Å². The van der Waals surface area contributed by atoms with E-state index in [1.165, 1.54) is 0 Å². The molecule has 46 valence electrons. The van der Waals surface area contributed by atoms with Crippen LogP contribution in [0.15, 0.2) is 17.8 Å². The maximum atomic E-state index is 9.45. The molecule has 0 fully saturated rings. The minimum atomic E-state index is 0.341. The van der Waals surface area contributed by atoms with Gasteiger partial charge in [-0.2, -0.15) is 4.91 Å². The van der Waals surface area contributed by atoms with E-state index in [4.69, 9.17) is 0 Å². The average Bonchev–Trinajstić information content (AvgIpc) is 1.81. The highest BCUT2D eigenvalue weighted by molar-refractivity contribution is 4.69. The molecule has 0 unspecified atom stereocenters. The van der Waals surface area contributed by atoms with E-state index < -0.39 is 0 Å². The van der Waals surface area contributed by atoms with E-state index in [1.54, 1.807) is 6.08 Å². The molecule has 0 saturated carbocycles. The van der Waals surface area contributed by atoms with Crippen molar-refractivity contribution >= 4 is 0 Å². The van der Waals surface area contributed by atoms with Crippen molar-refractivity contribution in [1.82, 2.24) is 5.32 Å². The van der Waals surface area contributed by atoms with Gasteiger partial charge in [0.15, 0.2) is 0 Å². The van der Waals surface area contributed by atoms with Gasteiger partial charge in [0.1, 0.15) is 0 Å². The first-order valence-electron chi connectivity index (χ1n) is 2.52. The van der Waals surface area contributed by atoms with Crippen LogP contribution in [0.2, 0.25) is 0 Å². The van der Waals surface area contributed by atoms with Gasteiger partial charge in [-0.25, -0.2) is 0 Å². The average molecular weight is 114 g/mol. The van der Waals surface area contributed by atoms with Crippen molar-refractivity contribution in [1.29, 1.82) is 0 Å². The molecule has 3 heteroatoms. The second-order valence-corrected chi connectivity index (χ2v) is 1.35. The van der Waals surface area contributed by atoms with Crippen LogP contribution in [-0.2, 0) is 0 Å². The summed E-state index contributed by atoms with van der Waals surface area (Å²) in [6.45, 7) is 5.22. The van der Waals surface area contributed by atoms with Gasteiger partial charge in [-0.15, -0.1) is 6.58 Å². The van der Waals surface area contributed by atoms with Crippen molar-refractivity contribution in [3.05, 3.63) is 17.6 Å². The van der Waals surface area contributed by atoms with Crippen LogP contribution in [0.5, 0.6) is 0 Å². The molecule has 8 heavy (non-hydrogen) atoms. The van der Waals surface area contributed by atoms with Crippen LogP contribution in [0.25, 0.3) is 0 Å². The van der Waals surface area contributed by atoms with Crippen LogP contribution in [-0.4, -0.2) is 19.6 Å². The fourth-order valence-corrected chi connectivity index (χ4v) is 0.329. The van der Waals surface area contributed by atoms with Gasteiger partial charge in [0.05, 0.1) is 6.54 Å². The zero-order valence-corrected chi connectivity index (χ0v) is 4.76. The quantitative estimate of drug-likeness (QED) is 0.322. The Hall–Kier alpha value is -0.700. The summed E-state index contributed by atoms with van der Waals surface area (Å²) in [5.41, 5.74) is 0. The summed E-state index contributed by atoms with van der Waals surface area (Å²) in [6, 6.07) is 0. The lowest BCUT2D eigenvalue weighted by Crippen LogP contribution is -2.16. The van der Waals surface area contributed by atoms with Crippen molar-refractivity contribution < 1.29 is 0 Å². The van der Waals surface area contributed by atoms with Crippen LogP contribution >= 0.6 is 0 Å². The Balaban J connectivity index is 2.71. The normalized spacial score (nSPS) is 8.50. The lowest BCUT2D eigenvalue weighted by Gasteiger charge is -1.92. The molecule has 0 aliphatic heterocycles. The summed E-state index contributed by atoms with van der Waals surface area (Å²) >= 11 is 0. The third kappa shape index (κ3) is 5.30. The molecule has 1 N–H and O–H groups in total. The molecule has 0 heterocycles. The van der Waals surface area contributed by atoms with E-state index in [9.17, 15) is 4.91 Å². The molecule has 0 aliphatic carbocycles. The first-order valence-corrected chi connectivity index (χ1v) is 2.52. The standard InChI is InChI=1S/C5H10N2O/c1-2-3-6-4-5-7-8/h2,6H,1,3-5H2. The molecular weight excluding hydrogens is 104 g/mol. The van der Waals surface area contributed by atoms with Crippen LogP contribution in [0.4, 0.5) is 0 Å². The number of nitrogens with zero attached hydrogens (tertiary/aromatic N) is 1. The molecular formula is C5H10N2O. The molecule has 0 aromatic carbocycles. The van der Waals surface area contributed by atoms with Gasteiger partial charge in [-0.1, -0.05) is 11.3 Å². The third-order valence-corrected chi connectivity index (χ3v) is 0.669. The first-order chi connectivity index (χ1) is 3.91. The highest BCUT2D eigenvalue weighted by Crippen LogP contribution is 1.63. The Bertz CT molecular complexity index is 62.8. The molecule has 0 aromatic rings. The van der Waals surface area contributed by atoms with Crippen LogP contribution in [0.1, 0.15) is 0 Å². The molecule has 0 atom stereocenters. The van der Waals surface area contributed by atoms with Gasteiger partial charge in [0, 0.05) is 13.1 Å².